The fraction of sp³-hybridized carbons (Fsp3) is 0.0714. The van der Waals surface area contributed by atoms with Gasteiger partial charge in [0.2, 0.25) is 5.43 Å². The Labute approximate surface area is 118 Å². The Morgan fingerprint density at radius 1 is 1.38 bits per heavy atom. The predicted molar refractivity (Wildman–Crippen MR) is 75.7 cm³/mol. The average molecular weight is 286 g/mol. The third-order valence-corrected chi connectivity index (χ3v) is 3.06. The van der Waals surface area contributed by atoms with E-state index >= 15 is 0 Å². The number of hydrogen-bond donors (Lipinski definition) is 2. The third kappa shape index (κ3) is 2.29. The van der Waals surface area contributed by atoms with E-state index < -0.39 is 17.2 Å². The molecule has 1 amide bonds. The number of pyridine rings is 1. The highest BCUT2D eigenvalue weighted by molar-refractivity contribution is 6.05. The van der Waals surface area contributed by atoms with Crippen LogP contribution in [0.5, 0.6) is 0 Å². The molecule has 0 aliphatic carbocycles. The van der Waals surface area contributed by atoms with Crippen LogP contribution in [0, 0.1) is 5.82 Å². The lowest BCUT2D eigenvalue weighted by Gasteiger charge is -2.04. The number of benzene rings is 1. The lowest BCUT2D eigenvalue weighted by atomic mass is 10.1. The van der Waals surface area contributed by atoms with Gasteiger partial charge in [0.05, 0.1) is 5.52 Å². The first kappa shape index (κ1) is 13.0. The highest BCUT2D eigenvalue weighted by Gasteiger charge is 2.15. The van der Waals surface area contributed by atoms with Crippen molar-refractivity contribution in [1.82, 2.24) is 14.8 Å². The van der Waals surface area contributed by atoms with E-state index in [1.54, 1.807) is 19.3 Å². The molecule has 0 aliphatic rings. The van der Waals surface area contributed by atoms with Crippen LogP contribution >= 0.6 is 0 Å². The number of anilines is 1. The number of amides is 1. The molecule has 0 radical (unpaired) electrons. The first-order valence-electron chi connectivity index (χ1n) is 6.17. The summed E-state index contributed by atoms with van der Waals surface area (Å²) in [6, 6.07) is 5.74. The molecule has 2 aromatic heterocycles. The summed E-state index contributed by atoms with van der Waals surface area (Å²) < 4.78 is 15.1. The van der Waals surface area contributed by atoms with Gasteiger partial charge in [-0.2, -0.15) is 5.10 Å². The van der Waals surface area contributed by atoms with Gasteiger partial charge in [0.25, 0.3) is 5.91 Å². The number of aryl methyl sites for hydroxylation is 1. The molecule has 2 N–H and O–H groups in total. The molecule has 3 rings (SSSR count). The molecule has 3 aromatic rings. The molecule has 21 heavy (non-hydrogen) atoms. The molecule has 106 valence electrons. The monoisotopic (exact) mass is 286 g/mol. The topological polar surface area (TPSA) is 79.8 Å². The first-order chi connectivity index (χ1) is 10.1. The maximum Gasteiger partial charge on any atom is 0.262 e. The number of halogens is 1. The van der Waals surface area contributed by atoms with Gasteiger partial charge >= 0.3 is 0 Å². The van der Waals surface area contributed by atoms with Crippen molar-refractivity contribution in [2.24, 2.45) is 7.05 Å². The van der Waals surface area contributed by atoms with Crippen LogP contribution in [0.3, 0.4) is 0 Å². The van der Waals surface area contributed by atoms with E-state index in [0.29, 0.717) is 5.82 Å². The second kappa shape index (κ2) is 4.86. The minimum Gasteiger partial charge on any atom is -0.358 e. The first-order valence-corrected chi connectivity index (χ1v) is 6.17. The molecule has 0 saturated heterocycles. The van der Waals surface area contributed by atoms with Crippen molar-refractivity contribution in [1.29, 1.82) is 0 Å². The molecule has 0 bridgehead atoms. The van der Waals surface area contributed by atoms with Crippen LogP contribution in [0.1, 0.15) is 10.4 Å². The highest BCUT2D eigenvalue weighted by atomic mass is 19.1. The summed E-state index contributed by atoms with van der Waals surface area (Å²) in [5.74, 6) is -0.802. The van der Waals surface area contributed by atoms with E-state index in [1.165, 1.54) is 29.1 Å². The number of rotatable bonds is 2. The third-order valence-electron chi connectivity index (χ3n) is 3.06. The van der Waals surface area contributed by atoms with Crippen molar-refractivity contribution in [3.8, 4) is 0 Å². The van der Waals surface area contributed by atoms with Gasteiger partial charge in [0, 0.05) is 30.9 Å². The van der Waals surface area contributed by atoms with Gasteiger partial charge in [-0.15, -0.1) is 0 Å². The van der Waals surface area contributed by atoms with E-state index in [-0.39, 0.29) is 16.5 Å². The number of nitrogens with one attached hydrogen (secondary N) is 2. The van der Waals surface area contributed by atoms with Crippen molar-refractivity contribution < 1.29 is 9.18 Å². The van der Waals surface area contributed by atoms with Crippen LogP contribution in [0.25, 0.3) is 10.9 Å². The van der Waals surface area contributed by atoms with E-state index in [2.05, 4.69) is 15.4 Å². The van der Waals surface area contributed by atoms with E-state index in [9.17, 15) is 14.0 Å². The van der Waals surface area contributed by atoms with E-state index in [0.717, 1.165) is 0 Å². The second-order valence-corrected chi connectivity index (χ2v) is 4.52. The second-order valence-electron chi connectivity index (χ2n) is 4.52. The zero-order valence-electron chi connectivity index (χ0n) is 11.1. The van der Waals surface area contributed by atoms with Crippen LogP contribution < -0.4 is 10.7 Å². The number of carbonyl (C=O) groups is 1. The maximum atomic E-state index is 13.6. The lowest BCUT2D eigenvalue weighted by molar-refractivity contribution is 0.102. The Hall–Kier alpha value is -2.96. The number of para-hydroxylation sites is 1. The van der Waals surface area contributed by atoms with Gasteiger partial charge in [0.1, 0.15) is 11.4 Å². The van der Waals surface area contributed by atoms with Crippen molar-refractivity contribution in [3.05, 3.63) is 58.3 Å². The molecule has 7 heteroatoms. The summed E-state index contributed by atoms with van der Waals surface area (Å²) in [5, 5.41) is 6.64. The standard InChI is InChI=1S/C14H11FN4O2/c1-19-6-5-11(18-19)17-14(21)9-7-16-12-8(13(9)20)3-2-4-10(12)15/h2-7H,1H3,(H,16,20)(H,17,18,21). The van der Waals surface area contributed by atoms with Crippen molar-refractivity contribution in [2.75, 3.05) is 5.32 Å². The van der Waals surface area contributed by atoms with Crippen molar-refractivity contribution in [3.63, 3.8) is 0 Å². The van der Waals surface area contributed by atoms with Crippen LogP contribution in [-0.2, 0) is 7.05 Å². The summed E-state index contributed by atoms with van der Waals surface area (Å²) in [6.45, 7) is 0. The average Bonchev–Trinajstić information content (AvgIpc) is 2.85. The number of fused-ring (bicyclic) bond motifs is 1. The predicted octanol–water partition coefficient (Wildman–Crippen LogP) is 1.65. The summed E-state index contributed by atoms with van der Waals surface area (Å²) in [4.78, 5) is 27.0. The summed E-state index contributed by atoms with van der Waals surface area (Å²) >= 11 is 0. The van der Waals surface area contributed by atoms with Crippen LogP contribution in [0.4, 0.5) is 10.2 Å². The molecule has 0 aliphatic heterocycles. The number of carbonyl (C=O) groups excluding carboxylic acids is 1. The quantitative estimate of drug-likeness (QED) is 0.751. The minimum atomic E-state index is -0.596. The van der Waals surface area contributed by atoms with Gasteiger partial charge in [-0.25, -0.2) is 4.39 Å². The Morgan fingerprint density at radius 2 is 2.19 bits per heavy atom. The van der Waals surface area contributed by atoms with E-state index in [4.69, 9.17) is 0 Å². The maximum absolute atomic E-state index is 13.6. The highest BCUT2D eigenvalue weighted by Crippen LogP contribution is 2.12. The van der Waals surface area contributed by atoms with E-state index in [1.807, 2.05) is 0 Å². The Bertz CT molecular complexity index is 897. The SMILES string of the molecule is Cn1ccc(NC(=O)c2c[nH]c3c(F)cccc3c2=O)n1. The Morgan fingerprint density at radius 3 is 2.90 bits per heavy atom. The lowest BCUT2D eigenvalue weighted by Crippen LogP contribution is -2.22. The fourth-order valence-corrected chi connectivity index (χ4v) is 2.05. The van der Waals surface area contributed by atoms with Gasteiger partial charge in [-0.05, 0) is 12.1 Å². The molecule has 0 unspecified atom stereocenters. The van der Waals surface area contributed by atoms with Crippen molar-refractivity contribution >= 4 is 22.6 Å². The normalized spacial score (nSPS) is 10.8. The summed E-state index contributed by atoms with van der Waals surface area (Å²) in [7, 11) is 1.71. The van der Waals surface area contributed by atoms with Crippen LogP contribution in [0.2, 0.25) is 0 Å². The fourth-order valence-electron chi connectivity index (χ4n) is 2.05. The number of aromatic amines is 1. The molecule has 0 atom stereocenters. The zero-order chi connectivity index (χ0) is 15.0. The van der Waals surface area contributed by atoms with Crippen LogP contribution in [0.15, 0.2) is 41.5 Å². The molecule has 0 fully saturated rings. The molecule has 1 aromatic carbocycles. The van der Waals surface area contributed by atoms with Crippen molar-refractivity contribution in [2.45, 2.75) is 0 Å². The number of H-pyrrole nitrogens is 1. The molecule has 0 spiro atoms. The molecule has 0 saturated carbocycles. The summed E-state index contributed by atoms with van der Waals surface area (Å²) in [6.07, 6.45) is 2.86. The Balaban J connectivity index is 2.03. The number of aromatic nitrogens is 3. The summed E-state index contributed by atoms with van der Waals surface area (Å²) in [5.41, 5.74) is -0.549. The minimum absolute atomic E-state index is 0.0805. The van der Waals surface area contributed by atoms with Gasteiger partial charge in [-0.3, -0.25) is 14.3 Å². The van der Waals surface area contributed by atoms with Gasteiger partial charge in [0.15, 0.2) is 5.82 Å². The molecular formula is C14H11FN4O2. The van der Waals surface area contributed by atoms with Gasteiger partial charge < -0.3 is 10.3 Å². The Kier molecular flexibility index (Phi) is 3.02. The largest absolute Gasteiger partial charge is 0.358 e. The number of nitrogens with zero attached hydrogens (tertiary/aromatic N) is 2. The molecule has 6 nitrogen and oxygen atoms in total. The number of hydrogen-bond acceptors (Lipinski definition) is 3. The van der Waals surface area contributed by atoms with Gasteiger partial charge in [-0.1, -0.05) is 6.07 Å². The zero-order valence-corrected chi connectivity index (χ0v) is 11.1. The molecule has 2 heterocycles. The molecular weight excluding hydrogens is 275 g/mol. The van der Waals surface area contributed by atoms with Crippen LogP contribution in [-0.4, -0.2) is 20.7 Å². The smallest absolute Gasteiger partial charge is 0.262 e.